The Labute approximate surface area is 374 Å². The van der Waals surface area contributed by atoms with E-state index >= 15 is 0 Å². The molecule has 64 heavy (non-hydrogen) atoms. The van der Waals surface area contributed by atoms with Crippen molar-refractivity contribution >= 4 is 32.8 Å². The summed E-state index contributed by atoms with van der Waals surface area (Å²) in [5.74, 6) is 0.398. The quantitative estimate of drug-likeness (QED) is 0.161. The van der Waals surface area contributed by atoms with Crippen LogP contribution >= 0.6 is 0 Å². The van der Waals surface area contributed by atoms with E-state index in [-0.39, 0.29) is 11.3 Å². The maximum atomic E-state index is 5.62. The van der Waals surface area contributed by atoms with E-state index in [4.69, 9.17) is 4.98 Å². The first kappa shape index (κ1) is 35.9. The van der Waals surface area contributed by atoms with E-state index in [0.717, 1.165) is 24.1 Å². The number of rotatable bonds is 4. The zero-order valence-electron chi connectivity index (χ0n) is 35.4. The summed E-state index contributed by atoms with van der Waals surface area (Å²) in [6, 6.07) is 70.7. The van der Waals surface area contributed by atoms with Crippen molar-refractivity contribution in [3.8, 4) is 22.3 Å². The summed E-state index contributed by atoms with van der Waals surface area (Å²) < 4.78 is 0. The van der Waals surface area contributed by atoms with Gasteiger partial charge >= 0.3 is 0 Å². The molecule has 8 aromatic carbocycles. The van der Waals surface area contributed by atoms with Gasteiger partial charge in [-0.05, 0) is 108 Å². The lowest BCUT2D eigenvalue weighted by atomic mass is 9.65. The normalized spacial score (nSPS) is 18.8. The van der Waals surface area contributed by atoms with E-state index in [1.807, 2.05) is 0 Å². The fourth-order valence-electron chi connectivity index (χ4n) is 13.1. The van der Waals surface area contributed by atoms with Gasteiger partial charge in [-0.1, -0.05) is 212 Å². The average Bonchev–Trinajstić information content (AvgIpc) is 3.97. The fourth-order valence-corrected chi connectivity index (χ4v) is 13.1. The molecule has 300 valence electrons. The molecule has 5 aliphatic rings. The molecular weight excluding hydrogens is 771 g/mol. The summed E-state index contributed by atoms with van der Waals surface area (Å²) in [5.41, 5.74) is 21.9. The van der Waals surface area contributed by atoms with E-state index in [0.29, 0.717) is 5.92 Å². The summed E-state index contributed by atoms with van der Waals surface area (Å²) >= 11 is 0. The Bertz CT molecular complexity index is 3480. The molecule has 14 rings (SSSR count). The summed E-state index contributed by atoms with van der Waals surface area (Å²) in [4.78, 5) is 5.62. The van der Waals surface area contributed by atoms with Crippen LogP contribution in [0.2, 0.25) is 0 Å². The SMILES string of the molecule is C1=CCC2C(=C1)c1c(ccc3c(C4C=CC=C(c5ccc6c(c5)C(c5ccccc5)(c5ccccc5)c5ccccc5-6)C4)nc4ccccc4c13)C21c2ccccc2-c2ccccc21. The van der Waals surface area contributed by atoms with Crippen LogP contribution in [0.25, 0.3) is 55.1 Å². The molecule has 1 heterocycles. The number of pyridine rings is 1. The first-order valence-electron chi connectivity index (χ1n) is 22.9. The predicted octanol–water partition coefficient (Wildman–Crippen LogP) is 15.2. The zero-order valence-corrected chi connectivity index (χ0v) is 35.4. The minimum atomic E-state index is -0.441. The highest BCUT2D eigenvalue weighted by molar-refractivity contribution is 6.15. The molecule has 0 amide bonds. The number of para-hydroxylation sites is 1. The summed E-state index contributed by atoms with van der Waals surface area (Å²) in [7, 11) is 0. The molecule has 0 saturated carbocycles. The molecule has 0 saturated heterocycles. The molecule has 0 N–H and O–H groups in total. The topological polar surface area (TPSA) is 12.9 Å². The van der Waals surface area contributed by atoms with Crippen LogP contribution in [-0.2, 0) is 10.8 Å². The molecule has 1 heteroatoms. The van der Waals surface area contributed by atoms with Crippen LogP contribution in [0.5, 0.6) is 0 Å². The summed E-state index contributed by atoms with van der Waals surface area (Å²) in [5, 5.41) is 3.84. The van der Waals surface area contributed by atoms with Crippen LogP contribution in [0.1, 0.15) is 74.5 Å². The van der Waals surface area contributed by atoms with Crippen molar-refractivity contribution < 1.29 is 0 Å². The van der Waals surface area contributed by atoms with Gasteiger partial charge in [0.1, 0.15) is 0 Å². The van der Waals surface area contributed by atoms with Gasteiger partial charge in [-0.25, -0.2) is 0 Å². The van der Waals surface area contributed by atoms with Crippen LogP contribution in [0, 0.1) is 5.92 Å². The molecular formula is C63H43N. The second kappa shape index (κ2) is 13.4. The third kappa shape index (κ3) is 4.61. The molecule has 1 spiro atoms. The van der Waals surface area contributed by atoms with Crippen molar-refractivity contribution in [3.63, 3.8) is 0 Å². The van der Waals surface area contributed by atoms with Gasteiger partial charge in [0.2, 0.25) is 0 Å². The van der Waals surface area contributed by atoms with Crippen LogP contribution in [-0.4, -0.2) is 4.98 Å². The highest BCUT2D eigenvalue weighted by Crippen LogP contribution is 2.66. The number of nitrogens with zero attached hydrogens (tertiary/aromatic N) is 1. The van der Waals surface area contributed by atoms with Crippen LogP contribution < -0.4 is 0 Å². The molecule has 0 bridgehead atoms. The lowest BCUT2D eigenvalue weighted by Crippen LogP contribution is -2.32. The molecule has 1 aromatic heterocycles. The maximum absolute atomic E-state index is 5.62. The molecule has 0 fully saturated rings. The zero-order chi connectivity index (χ0) is 42.0. The second-order valence-corrected chi connectivity index (χ2v) is 18.3. The van der Waals surface area contributed by atoms with Crippen LogP contribution in [0.15, 0.2) is 225 Å². The number of hydrogen-bond acceptors (Lipinski definition) is 1. The first-order chi connectivity index (χ1) is 31.8. The second-order valence-electron chi connectivity index (χ2n) is 18.3. The van der Waals surface area contributed by atoms with E-state index in [2.05, 4.69) is 225 Å². The highest BCUT2D eigenvalue weighted by Gasteiger charge is 2.56. The number of allylic oxidation sites excluding steroid dienone is 8. The van der Waals surface area contributed by atoms with E-state index in [9.17, 15) is 0 Å². The standard InChI is InChI=1S/C63H43N/c1-3-20-43(21-4-1)62(44-22-5-2-6-23-44)52-29-12-7-26-47(52)48-35-34-41(39-57(48)62)40-18-17-19-42(38-40)61-51-36-37-56-60(59(51)50-28-11-16-33-58(50)64-61)49-27-10-15-32-55(49)63(56)53-30-13-8-24-45(53)46-25-9-14-31-54(46)63/h1-31,33-37,39,42,55H,32,38H2. The largest absolute Gasteiger partial charge is 0.252 e. The van der Waals surface area contributed by atoms with Gasteiger partial charge in [0.15, 0.2) is 0 Å². The van der Waals surface area contributed by atoms with Crippen LogP contribution in [0.3, 0.4) is 0 Å². The number of benzene rings is 8. The Morgan fingerprint density at radius 3 is 1.84 bits per heavy atom. The molecule has 0 aliphatic heterocycles. The van der Waals surface area contributed by atoms with Gasteiger partial charge in [0, 0.05) is 28.0 Å². The van der Waals surface area contributed by atoms with Gasteiger partial charge in [-0.2, -0.15) is 0 Å². The van der Waals surface area contributed by atoms with E-state index < -0.39 is 5.41 Å². The fraction of sp³-hybridized carbons (Fsp3) is 0.0952. The monoisotopic (exact) mass is 813 g/mol. The Kier molecular flexibility index (Phi) is 7.55. The number of aromatic nitrogens is 1. The van der Waals surface area contributed by atoms with Crippen molar-refractivity contribution in [2.45, 2.75) is 29.6 Å². The number of hydrogen-bond donors (Lipinski definition) is 0. The van der Waals surface area contributed by atoms with Crippen molar-refractivity contribution in [2.75, 3.05) is 0 Å². The van der Waals surface area contributed by atoms with E-state index in [1.165, 1.54) is 99.6 Å². The number of fused-ring (bicyclic) bond motifs is 17. The summed E-state index contributed by atoms with van der Waals surface area (Å²) in [6.07, 6.45) is 16.0. The first-order valence-corrected chi connectivity index (χ1v) is 22.9. The average molecular weight is 814 g/mol. The van der Waals surface area contributed by atoms with Crippen molar-refractivity contribution in [1.82, 2.24) is 4.98 Å². The van der Waals surface area contributed by atoms with Gasteiger partial charge in [0.05, 0.1) is 22.0 Å². The van der Waals surface area contributed by atoms with Crippen LogP contribution in [0.4, 0.5) is 0 Å². The van der Waals surface area contributed by atoms with Crippen molar-refractivity contribution in [3.05, 3.63) is 280 Å². The Morgan fingerprint density at radius 2 is 1.11 bits per heavy atom. The molecule has 9 aromatic rings. The van der Waals surface area contributed by atoms with Crippen molar-refractivity contribution in [2.24, 2.45) is 5.92 Å². The van der Waals surface area contributed by atoms with Gasteiger partial charge in [-0.15, -0.1) is 0 Å². The molecule has 2 unspecified atom stereocenters. The van der Waals surface area contributed by atoms with E-state index in [1.54, 1.807) is 0 Å². The predicted molar refractivity (Wildman–Crippen MR) is 264 cm³/mol. The summed E-state index contributed by atoms with van der Waals surface area (Å²) in [6.45, 7) is 0. The third-order valence-corrected chi connectivity index (χ3v) is 15.5. The maximum Gasteiger partial charge on any atom is 0.0713 e. The van der Waals surface area contributed by atoms with Gasteiger partial charge in [-0.3, -0.25) is 4.98 Å². The van der Waals surface area contributed by atoms with Gasteiger partial charge in [0.25, 0.3) is 0 Å². The Morgan fingerprint density at radius 1 is 0.484 bits per heavy atom. The minimum Gasteiger partial charge on any atom is -0.252 e. The van der Waals surface area contributed by atoms with Crippen molar-refractivity contribution in [1.29, 1.82) is 0 Å². The van der Waals surface area contributed by atoms with Gasteiger partial charge < -0.3 is 0 Å². The Hall–Kier alpha value is -7.61. The minimum absolute atomic E-state index is 0.0999. The highest BCUT2D eigenvalue weighted by atomic mass is 14.7. The molecule has 0 radical (unpaired) electrons. The lowest BCUT2D eigenvalue weighted by molar-refractivity contribution is 0.494. The molecule has 2 atom stereocenters. The lowest BCUT2D eigenvalue weighted by Gasteiger charge is -2.36. The molecule has 1 nitrogen and oxygen atoms in total. The smallest absolute Gasteiger partial charge is 0.0713 e. The Balaban J connectivity index is 0.945. The molecule has 5 aliphatic carbocycles. The third-order valence-electron chi connectivity index (χ3n) is 15.5.